The minimum absolute atomic E-state index is 0.0974. The topological polar surface area (TPSA) is 12.0 Å². The molecule has 2 rings (SSSR count). The zero-order valence-corrected chi connectivity index (χ0v) is 10.4. The van der Waals surface area contributed by atoms with Crippen molar-refractivity contribution in [3.8, 4) is 0 Å². The van der Waals surface area contributed by atoms with Crippen molar-refractivity contribution < 1.29 is 8.78 Å². The van der Waals surface area contributed by atoms with Gasteiger partial charge in [-0.3, -0.25) is 0 Å². The second-order valence-corrected chi connectivity index (χ2v) is 5.13. The highest BCUT2D eigenvalue weighted by Gasteiger charge is 2.38. The van der Waals surface area contributed by atoms with Crippen LogP contribution in [0.2, 0.25) is 0 Å². The van der Waals surface area contributed by atoms with Crippen LogP contribution in [0.25, 0.3) is 0 Å². The van der Waals surface area contributed by atoms with Gasteiger partial charge in [0.05, 0.1) is 0 Å². The number of benzene rings is 1. The van der Waals surface area contributed by atoms with E-state index in [1.807, 2.05) is 19.2 Å². The van der Waals surface area contributed by atoms with E-state index in [1.165, 1.54) is 12.0 Å². The third-order valence-electron chi connectivity index (χ3n) is 3.83. The lowest BCUT2D eigenvalue weighted by Crippen LogP contribution is -2.42. The molecule has 1 aliphatic rings. The van der Waals surface area contributed by atoms with E-state index in [9.17, 15) is 8.78 Å². The van der Waals surface area contributed by atoms with Gasteiger partial charge >= 0.3 is 0 Å². The molecule has 1 saturated carbocycles. The molecule has 0 heterocycles. The van der Waals surface area contributed by atoms with E-state index in [4.69, 9.17) is 0 Å². The standard InChI is InChI=1S/C14H19F2N/c1-13(15,16)11-4-6-12(7-5-11)14(10-17-2)8-3-9-14/h4-7,17H,3,8-10H2,1-2H3. The number of hydrogen-bond acceptors (Lipinski definition) is 1. The smallest absolute Gasteiger partial charge is 0.270 e. The Hall–Kier alpha value is -0.960. The van der Waals surface area contributed by atoms with Crippen LogP contribution in [0.15, 0.2) is 24.3 Å². The molecule has 3 heteroatoms. The summed E-state index contributed by atoms with van der Waals surface area (Å²) in [6.07, 6.45) is 3.53. The molecular weight excluding hydrogens is 220 g/mol. The molecule has 0 bridgehead atoms. The van der Waals surface area contributed by atoms with E-state index in [0.717, 1.165) is 26.3 Å². The summed E-state index contributed by atoms with van der Waals surface area (Å²) in [7, 11) is 1.94. The van der Waals surface area contributed by atoms with E-state index < -0.39 is 5.92 Å². The Kier molecular flexibility index (Phi) is 3.21. The van der Waals surface area contributed by atoms with Crippen molar-refractivity contribution >= 4 is 0 Å². The van der Waals surface area contributed by atoms with Gasteiger partial charge in [0.25, 0.3) is 5.92 Å². The van der Waals surface area contributed by atoms with Crippen LogP contribution in [0.3, 0.4) is 0 Å². The van der Waals surface area contributed by atoms with Crippen molar-refractivity contribution in [2.45, 2.75) is 37.5 Å². The Morgan fingerprint density at radius 3 is 2.18 bits per heavy atom. The van der Waals surface area contributed by atoms with Gasteiger partial charge in [-0.15, -0.1) is 0 Å². The molecule has 1 N–H and O–H groups in total. The maximum atomic E-state index is 13.1. The number of nitrogens with one attached hydrogen (secondary N) is 1. The average molecular weight is 239 g/mol. The molecule has 0 aromatic heterocycles. The molecule has 0 saturated heterocycles. The first kappa shape index (κ1) is 12.5. The molecule has 1 nitrogen and oxygen atoms in total. The highest BCUT2D eigenvalue weighted by molar-refractivity contribution is 5.33. The molecule has 0 spiro atoms. The van der Waals surface area contributed by atoms with Crippen molar-refractivity contribution in [1.82, 2.24) is 5.32 Å². The van der Waals surface area contributed by atoms with Crippen molar-refractivity contribution in [3.05, 3.63) is 35.4 Å². The number of halogens is 2. The minimum Gasteiger partial charge on any atom is -0.319 e. The van der Waals surface area contributed by atoms with Gasteiger partial charge in [-0.25, -0.2) is 8.78 Å². The fourth-order valence-corrected chi connectivity index (χ4v) is 2.63. The predicted octanol–water partition coefficient (Wildman–Crippen LogP) is 3.44. The molecule has 0 atom stereocenters. The molecule has 1 aliphatic carbocycles. The van der Waals surface area contributed by atoms with Crippen LogP contribution in [-0.4, -0.2) is 13.6 Å². The Bertz CT molecular complexity index is 374. The summed E-state index contributed by atoms with van der Waals surface area (Å²) >= 11 is 0. The third kappa shape index (κ3) is 2.34. The lowest BCUT2D eigenvalue weighted by Gasteiger charge is -2.42. The molecule has 0 aliphatic heterocycles. The van der Waals surface area contributed by atoms with Gasteiger partial charge < -0.3 is 5.32 Å². The predicted molar refractivity (Wildman–Crippen MR) is 65.5 cm³/mol. The van der Waals surface area contributed by atoms with Crippen LogP contribution >= 0.6 is 0 Å². The molecule has 0 radical (unpaired) electrons. The van der Waals surface area contributed by atoms with Gasteiger partial charge in [0, 0.05) is 24.4 Å². The number of hydrogen-bond donors (Lipinski definition) is 1. The van der Waals surface area contributed by atoms with Gasteiger partial charge in [0.15, 0.2) is 0 Å². The zero-order chi connectivity index (χ0) is 12.5. The number of rotatable bonds is 4. The summed E-state index contributed by atoms with van der Waals surface area (Å²) < 4.78 is 26.2. The Morgan fingerprint density at radius 1 is 1.24 bits per heavy atom. The fraction of sp³-hybridized carbons (Fsp3) is 0.571. The van der Waals surface area contributed by atoms with Crippen LogP contribution < -0.4 is 5.32 Å². The summed E-state index contributed by atoms with van der Waals surface area (Å²) in [6, 6.07) is 6.85. The van der Waals surface area contributed by atoms with Crippen LogP contribution in [0.5, 0.6) is 0 Å². The van der Waals surface area contributed by atoms with Crippen LogP contribution in [0.1, 0.15) is 37.3 Å². The first-order valence-corrected chi connectivity index (χ1v) is 6.11. The van der Waals surface area contributed by atoms with E-state index in [0.29, 0.717) is 0 Å². The fourth-order valence-electron chi connectivity index (χ4n) is 2.63. The first-order chi connectivity index (χ1) is 7.98. The molecule has 1 aromatic carbocycles. The van der Waals surface area contributed by atoms with Crippen LogP contribution in [0, 0.1) is 0 Å². The van der Waals surface area contributed by atoms with Gasteiger partial charge in [-0.1, -0.05) is 30.7 Å². The highest BCUT2D eigenvalue weighted by atomic mass is 19.3. The van der Waals surface area contributed by atoms with Crippen molar-refractivity contribution in [2.75, 3.05) is 13.6 Å². The Labute approximate surface area is 101 Å². The summed E-state index contributed by atoms with van der Waals surface area (Å²) in [5.74, 6) is -2.74. The monoisotopic (exact) mass is 239 g/mol. The maximum Gasteiger partial charge on any atom is 0.270 e. The van der Waals surface area contributed by atoms with Crippen molar-refractivity contribution in [1.29, 1.82) is 0 Å². The summed E-state index contributed by atoms with van der Waals surface area (Å²) in [6.45, 7) is 1.86. The van der Waals surface area contributed by atoms with Gasteiger partial charge in [-0.2, -0.15) is 0 Å². The molecule has 94 valence electrons. The third-order valence-corrected chi connectivity index (χ3v) is 3.83. The van der Waals surface area contributed by atoms with Gasteiger partial charge in [0.2, 0.25) is 0 Å². The molecule has 0 amide bonds. The SMILES string of the molecule is CNCC1(c2ccc(C(C)(F)F)cc2)CCC1. The van der Waals surface area contributed by atoms with E-state index in [-0.39, 0.29) is 11.0 Å². The zero-order valence-electron chi connectivity index (χ0n) is 10.4. The maximum absolute atomic E-state index is 13.1. The number of likely N-dealkylation sites (N-methyl/N-ethyl adjacent to an activating group) is 1. The minimum atomic E-state index is -2.74. The summed E-state index contributed by atoms with van der Waals surface area (Å²) in [4.78, 5) is 0. The van der Waals surface area contributed by atoms with Crippen LogP contribution in [-0.2, 0) is 11.3 Å². The highest BCUT2D eigenvalue weighted by Crippen LogP contribution is 2.43. The first-order valence-electron chi connectivity index (χ1n) is 6.11. The average Bonchev–Trinajstić information content (AvgIpc) is 2.22. The number of alkyl halides is 2. The van der Waals surface area contributed by atoms with Crippen molar-refractivity contribution in [2.24, 2.45) is 0 Å². The Balaban J connectivity index is 2.23. The molecular formula is C14H19F2N. The molecule has 0 unspecified atom stereocenters. The lowest BCUT2D eigenvalue weighted by molar-refractivity contribution is 0.0174. The molecule has 1 aromatic rings. The van der Waals surface area contributed by atoms with Crippen LogP contribution in [0.4, 0.5) is 8.78 Å². The van der Waals surface area contributed by atoms with Crippen molar-refractivity contribution in [3.63, 3.8) is 0 Å². The van der Waals surface area contributed by atoms with E-state index in [2.05, 4.69) is 5.32 Å². The molecule has 17 heavy (non-hydrogen) atoms. The summed E-state index contributed by atoms with van der Waals surface area (Å²) in [5.41, 5.74) is 1.46. The second-order valence-electron chi connectivity index (χ2n) is 5.13. The second kappa shape index (κ2) is 4.37. The normalized spacial score (nSPS) is 18.8. The van der Waals surface area contributed by atoms with E-state index >= 15 is 0 Å². The lowest BCUT2D eigenvalue weighted by atomic mass is 9.64. The quantitative estimate of drug-likeness (QED) is 0.848. The molecule has 1 fully saturated rings. The van der Waals surface area contributed by atoms with E-state index in [1.54, 1.807) is 12.1 Å². The van der Waals surface area contributed by atoms with Gasteiger partial charge in [0.1, 0.15) is 0 Å². The summed E-state index contributed by atoms with van der Waals surface area (Å²) in [5, 5.41) is 3.21. The Morgan fingerprint density at radius 2 is 1.82 bits per heavy atom. The van der Waals surface area contributed by atoms with Gasteiger partial charge in [-0.05, 0) is 25.5 Å². The largest absolute Gasteiger partial charge is 0.319 e.